The summed E-state index contributed by atoms with van der Waals surface area (Å²) < 4.78 is 5.92. The number of ether oxygens (including phenoxy) is 1. The van der Waals surface area contributed by atoms with E-state index in [2.05, 4.69) is 86.3 Å². The van der Waals surface area contributed by atoms with Crippen molar-refractivity contribution >= 4 is 29.1 Å². The van der Waals surface area contributed by atoms with Gasteiger partial charge in [-0.1, -0.05) is 78.9 Å². The maximum absolute atomic E-state index is 5.92. The van der Waals surface area contributed by atoms with Gasteiger partial charge in [-0.25, -0.2) is 10.1 Å². The fourth-order valence-corrected chi connectivity index (χ4v) is 3.70. The molecule has 0 fully saturated rings. The van der Waals surface area contributed by atoms with Gasteiger partial charge in [0.15, 0.2) is 5.82 Å². The van der Waals surface area contributed by atoms with E-state index in [1.54, 1.807) is 0 Å². The number of nitrogens with zero attached hydrogens (tertiary/aromatic N) is 4. The first-order valence-electron chi connectivity index (χ1n) is 11.6. The Morgan fingerprint density at radius 3 is 2.40 bits per heavy atom. The third-order valence-electron chi connectivity index (χ3n) is 5.61. The van der Waals surface area contributed by atoms with Crippen LogP contribution in [0, 0.1) is 0 Å². The van der Waals surface area contributed by atoms with Crippen molar-refractivity contribution in [2.75, 3.05) is 0 Å². The maximum Gasteiger partial charge on any atom is 0.172 e. The first kappa shape index (κ1) is 22.2. The van der Waals surface area contributed by atoms with E-state index in [4.69, 9.17) is 4.74 Å². The van der Waals surface area contributed by atoms with Gasteiger partial charge in [0.1, 0.15) is 12.4 Å². The van der Waals surface area contributed by atoms with Crippen molar-refractivity contribution in [3.8, 4) is 5.75 Å². The molecule has 0 bridgehead atoms. The van der Waals surface area contributed by atoms with Gasteiger partial charge in [0.2, 0.25) is 0 Å². The summed E-state index contributed by atoms with van der Waals surface area (Å²) in [7, 11) is 0. The Kier molecular flexibility index (Phi) is 7.00. The Hall–Kier alpha value is -4.58. The average molecular weight is 460 g/mol. The number of hydrogen-bond donors (Lipinski definition) is 1. The van der Waals surface area contributed by atoms with Crippen LogP contribution in [0.1, 0.15) is 34.6 Å². The van der Waals surface area contributed by atoms with Crippen molar-refractivity contribution in [1.82, 2.24) is 25.6 Å². The zero-order valence-electron chi connectivity index (χ0n) is 19.2. The van der Waals surface area contributed by atoms with E-state index in [0.29, 0.717) is 12.4 Å². The highest BCUT2D eigenvalue weighted by Crippen LogP contribution is 2.17. The Labute approximate surface area is 204 Å². The summed E-state index contributed by atoms with van der Waals surface area (Å²) >= 11 is 0. The van der Waals surface area contributed by atoms with E-state index in [1.165, 1.54) is 5.56 Å². The van der Waals surface area contributed by atoms with Crippen LogP contribution >= 0.6 is 0 Å². The van der Waals surface area contributed by atoms with Crippen LogP contribution in [0.4, 0.5) is 0 Å². The molecular formula is C29H25N5O. The monoisotopic (exact) mass is 459 g/mol. The minimum absolute atomic E-state index is 0.450. The lowest BCUT2D eigenvalue weighted by molar-refractivity contribution is 0.302. The van der Waals surface area contributed by atoms with Crippen molar-refractivity contribution in [2.24, 2.45) is 0 Å². The van der Waals surface area contributed by atoms with Crippen molar-refractivity contribution in [1.29, 1.82) is 0 Å². The van der Waals surface area contributed by atoms with Crippen LogP contribution in [0.2, 0.25) is 0 Å². The number of allylic oxidation sites excluding steroid dienone is 1. The molecule has 0 aliphatic carbocycles. The lowest BCUT2D eigenvalue weighted by Crippen LogP contribution is -1.98. The average Bonchev–Trinajstić information content (AvgIpc) is 3.44. The molecule has 0 aliphatic heterocycles. The fourth-order valence-electron chi connectivity index (χ4n) is 3.70. The first-order chi connectivity index (χ1) is 17.3. The highest BCUT2D eigenvalue weighted by Gasteiger charge is 2.00. The summed E-state index contributed by atoms with van der Waals surface area (Å²) in [6.07, 6.45) is 10.2. The van der Waals surface area contributed by atoms with Crippen molar-refractivity contribution in [3.05, 3.63) is 119 Å². The minimum Gasteiger partial charge on any atom is -0.487 e. The molecule has 6 heteroatoms. The highest BCUT2D eigenvalue weighted by atomic mass is 16.5. The van der Waals surface area contributed by atoms with E-state index in [0.717, 1.165) is 46.3 Å². The van der Waals surface area contributed by atoms with E-state index >= 15 is 0 Å². The number of benzene rings is 3. The number of nitrogens with one attached hydrogen (secondary N) is 1. The van der Waals surface area contributed by atoms with Crippen molar-refractivity contribution < 1.29 is 4.74 Å². The summed E-state index contributed by atoms with van der Waals surface area (Å²) in [4.78, 5) is 4.66. The number of pyridine rings is 1. The Morgan fingerprint density at radius 2 is 1.57 bits per heavy atom. The molecule has 6 nitrogen and oxygen atoms in total. The van der Waals surface area contributed by atoms with Gasteiger partial charge in [-0.15, -0.1) is 5.10 Å². The summed E-state index contributed by atoms with van der Waals surface area (Å²) in [6.45, 7) is 0.450. The van der Waals surface area contributed by atoms with Crippen LogP contribution in [0.3, 0.4) is 0 Å². The molecular weight excluding hydrogens is 434 g/mol. The van der Waals surface area contributed by atoms with Gasteiger partial charge in [-0.3, -0.25) is 0 Å². The smallest absolute Gasteiger partial charge is 0.172 e. The number of hydrogen-bond acceptors (Lipinski definition) is 5. The van der Waals surface area contributed by atoms with Crippen LogP contribution in [-0.2, 0) is 13.0 Å². The van der Waals surface area contributed by atoms with Gasteiger partial charge in [-0.2, -0.15) is 0 Å². The third kappa shape index (κ3) is 6.26. The molecule has 2 heterocycles. The lowest BCUT2D eigenvalue weighted by Gasteiger charge is -2.07. The van der Waals surface area contributed by atoms with E-state index < -0.39 is 0 Å². The normalized spacial score (nSPS) is 11.5. The molecule has 172 valence electrons. The molecule has 0 atom stereocenters. The molecule has 5 rings (SSSR count). The minimum atomic E-state index is 0.450. The maximum atomic E-state index is 5.92. The van der Waals surface area contributed by atoms with E-state index in [1.807, 2.05) is 48.6 Å². The predicted octanol–water partition coefficient (Wildman–Crippen LogP) is 6.14. The molecule has 0 radical (unpaired) electrons. The van der Waals surface area contributed by atoms with E-state index in [-0.39, 0.29) is 0 Å². The topological polar surface area (TPSA) is 76.6 Å². The van der Waals surface area contributed by atoms with Crippen LogP contribution in [0.5, 0.6) is 5.75 Å². The number of rotatable bonds is 9. The Morgan fingerprint density at radius 1 is 0.771 bits per heavy atom. The summed E-state index contributed by atoms with van der Waals surface area (Å²) in [5.74, 6) is 1.48. The standard InChI is InChI=1S/C29H25N5O/c1(5-22-9-11-24(12-10-22)15-20-29-31-33-34-32-29)2-6-23-13-18-27(19-14-23)35-21-26-17-16-25-7-3-4-8-28(25)30-26/h2-4,6-20H,1,5,21H2,(H,31,32,33,34). The molecule has 1 N–H and O–H groups in total. The number of fused-ring (bicyclic) bond motifs is 1. The molecule has 0 saturated carbocycles. The van der Waals surface area contributed by atoms with Crippen LogP contribution in [0.15, 0.2) is 91.0 Å². The van der Waals surface area contributed by atoms with Gasteiger partial charge in [0.05, 0.1) is 11.2 Å². The molecule has 0 spiro atoms. The summed E-state index contributed by atoms with van der Waals surface area (Å²) in [5, 5.41) is 14.8. The summed E-state index contributed by atoms with van der Waals surface area (Å²) in [5.41, 5.74) is 5.48. The Balaban J connectivity index is 1.08. The number of H-pyrrole nitrogens is 1. The molecule has 0 saturated heterocycles. The Bertz CT molecular complexity index is 1420. The van der Waals surface area contributed by atoms with E-state index in [9.17, 15) is 0 Å². The molecule has 3 aromatic carbocycles. The number of aromatic nitrogens is 5. The second-order valence-corrected chi connectivity index (χ2v) is 8.16. The zero-order valence-corrected chi connectivity index (χ0v) is 19.2. The molecule has 0 unspecified atom stereocenters. The van der Waals surface area contributed by atoms with Gasteiger partial charge < -0.3 is 4.74 Å². The number of aromatic amines is 1. The summed E-state index contributed by atoms with van der Waals surface area (Å²) in [6, 6.07) is 28.9. The fraction of sp³-hybridized carbons (Fsp3) is 0.103. The van der Waals surface area contributed by atoms with Crippen molar-refractivity contribution in [3.63, 3.8) is 0 Å². The third-order valence-corrected chi connectivity index (χ3v) is 5.61. The molecule has 0 aliphatic rings. The quantitative estimate of drug-likeness (QED) is 0.286. The number of aryl methyl sites for hydroxylation is 1. The molecule has 5 aromatic rings. The van der Waals surface area contributed by atoms with Gasteiger partial charge in [0, 0.05) is 5.39 Å². The SMILES string of the molecule is C(=Cc1ccc(OCc2ccc3ccccc3n2)cc1)CCc1ccc(C=Cc2nnn[nH]2)cc1. The van der Waals surface area contributed by atoms with Crippen LogP contribution < -0.4 is 4.74 Å². The largest absolute Gasteiger partial charge is 0.487 e. The highest BCUT2D eigenvalue weighted by molar-refractivity contribution is 5.78. The van der Waals surface area contributed by atoms with Gasteiger partial charge >= 0.3 is 0 Å². The van der Waals surface area contributed by atoms with Crippen molar-refractivity contribution in [2.45, 2.75) is 19.4 Å². The second kappa shape index (κ2) is 11.0. The number of tetrazole rings is 1. The second-order valence-electron chi connectivity index (χ2n) is 8.16. The predicted molar refractivity (Wildman–Crippen MR) is 139 cm³/mol. The van der Waals surface area contributed by atoms with Gasteiger partial charge in [-0.05, 0) is 70.3 Å². The van der Waals surface area contributed by atoms with Gasteiger partial charge in [0.25, 0.3) is 0 Å². The molecule has 35 heavy (non-hydrogen) atoms. The van der Waals surface area contributed by atoms with Crippen LogP contribution in [0.25, 0.3) is 29.1 Å². The lowest BCUT2D eigenvalue weighted by atomic mass is 10.1. The molecule has 0 amide bonds. The number of para-hydroxylation sites is 1. The first-order valence-corrected chi connectivity index (χ1v) is 11.6. The zero-order chi connectivity index (χ0) is 23.7. The molecule has 2 aromatic heterocycles. The van der Waals surface area contributed by atoms with Crippen LogP contribution in [-0.4, -0.2) is 25.6 Å².